The molecule has 39 heavy (non-hydrogen) atoms. The van der Waals surface area contributed by atoms with Crippen LogP contribution < -0.4 is 24.4 Å². The third-order valence-electron chi connectivity index (χ3n) is 5.54. The normalized spacial score (nSPS) is 10.6. The van der Waals surface area contributed by atoms with Crippen LogP contribution in [-0.4, -0.2) is 31.8 Å². The third-order valence-corrected chi connectivity index (χ3v) is 5.54. The van der Waals surface area contributed by atoms with Gasteiger partial charge in [0.1, 0.15) is 18.1 Å². The van der Waals surface area contributed by atoms with Gasteiger partial charge in [0, 0.05) is 0 Å². The molecule has 8 nitrogen and oxygen atoms in total. The van der Waals surface area contributed by atoms with Crippen LogP contribution in [0.25, 0.3) is 0 Å². The van der Waals surface area contributed by atoms with Gasteiger partial charge < -0.3 is 18.9 Å². The molecule has 4 aromatic carbocycles. The number of benzene rings is 4. The maximum absolute atomic E-state index is 12.8. The van der Waals surface area contributed by atoms with Crippen molar-refractivity contribution < 1.29 is 28.5 Å². The van der Waals surface area contributed by atoms with Gasteiger partial charge in [0.25, 0.3) is 5.91 Å². The second-order valence-corrected chi connectivity index (χ2v) is 8.23. The molecule has 0 aliphatic rings. The van der Waals surface area contributed by atoms with Gasteiger partial charge in [-0.25, -0.2) is 10.2 Å². The van der Waals surface area contributed by atoms with Gasteiger partial charge in [-0.1, -0.05) is 42.5 Å². The first kappa shape index (κ1) is 26.9. The minimum Gasteiger partial charge on any atom is -0.494 e. The predicted octanol–water partition coefficient (Wildman–Crippen LogP) is 5.66. The molecule has 0 atom stereocenters. The van der Waals surface area contributed by atoms with Crippen LogP contribution in [0.4, 0.5) is 0 Å². The number of hydrogen-bond acceptors (Lipinski definition) is 7. The summed E-state index contributed by atoms with van der Waals surface area (Å²) in [5, 5.41) is 4.06. The Hall–Kier alpha value is -5.11. The minimum absolute atomic E-state index is 0.252. The zero-order chi connectivity index (χ0) is 27.5. The maximum atomic E-state index is 12.8. The van der Waals surface area contributed by atoms with Gasteiger partial charge in [-0.15, -0.1) is 0 Å². The summed E-state index contributed by atoms with van der Waals surface area (Å²) in [6.07, 6.45) is 1.46. The Morgan fingerprint density at radius 1 is 0.821 bits per heavy atom. The van der Waals surface area contributed by atoms with Crippen LogP contribution in [0.1, 0.15) is 38.8 Å². The Morgan fingerprint density at radius 3 is 2.31 bits per heavy atom. The average molecular weight is 525 g/mol. The van der Waals surface area contributed by atoms with E-state index in [0.29, 0.717) is 47.2 Å². The van der Waals surface area contributed by atoms with Crippen LogP contribution in [0.15, 0.2) is 102 Å². The Morgan fingerprint density at radius 2 is 1.56 bits per heavy atom. The van der Waals surface area contributed by atoms with Gasteiger partial charge in [0.2, 0.25) is 0 Å². The molecule has 8 heteroatoms. The number of carbonyl (C=O) groups is 2. The molecule has 1 amide bonds. The zero-order valence-corrected chi connectivity index (χ0v) is 21.6. The minimum atomic E-state index is -0.529. The quantitative estimate of drug-likeness (QED) is 0.118. The zero-order valence-electron chi connectivity index (χ0n) is 21.6. The van der Waals surface area contributed by atoms with Crippen LogP contribution in [0.3, 0.4) is 0 Å². The molecule has 0 heterocycles. The Kier molecular flexibility index (Phi) is 9.28. The average Bonchev–Trinajstić information content (AvgIpc) is 2.98. The molecule has 0 unspecified atom stereocenters. The van der Waals surface area contributed by atoms with E-state index in [1.807, 2.05) is 37.3 Å². The summed E-state index contributed by atoms with van der Waals surface area (Å²) in [5.41, 5.74) is 4.88. The largest absolute Gasteiger partial charge is 0.494 e. The van der Waals surface area contributed by atoms with E-state index in [2.05, 4.69) is 10.5 Å². The van der Waals surface area contributed by atoms with Crippen LogP contribution in [0.2, 0.25) is 0 Å². The maximum Gasteiger partial charge on any atom is 0.343 e. The molecule has 0 fully saturated rings. The van der Waals surface area contributed by atoms with Crippen molar-refractivity contribution in [2.75, 3.05) is 13.7 Å². The molecule has 198 valence electrons. The molecule has 4 rings (SSSR count). The molecule has 4 aromatic rings. The van der Waals surface area contributed by atoms with Crippen molar-refractivity contribution in [2.24, 2.45) is 5.10 Å². The van der Waals surface area contributed by atoms with Crippen LogP contribution in [0.5, 0.6) is 23.0 Å². The number of hydrogen-bond donors (Lipinski definition) is 1. The summed E-state index contributed by atoms with van der Waals surface area (Å²) in [5.74, 6) is 0.771. The highest BCUT2D eigenvalue weighted by molar-refractivity contribution is 5.97. The van der Waals surface area contributed by atoms with Crippen molar-refractivity contribution in [3.63, 3.8) is 0 Å². The van der Waals surface area contributed by atoms with Gasteiger partial charge in [0.15, 0.2) is 11.5 Å². The number of esters is 1. The Bertz CT molecular complexity index is 1440. The first-order chi connectivity index (χ1) is 19.1. The fraction of sp³-hybridized carbons (Fsp3) is 0.129. The van der Waals surface area contributed by atoms with Crippen molar-refractivity contribution in [1.82, 2.24) is 5.43 Å². The van der Waals surface area contributed by atoms with E-state index in [9.17, 15) is 9.59 Å². The van der Waals surface area contributed by atoms with E-state index in [0.717, 1.165) is 5.56 Å². The van der Waals surface area contributed by atoms with Crippen LogP contribution >= 0.6 is 0 Å². The lowest BCUT2D eigenvalue weighted by Gasteiger charge is -2.11. The second-order valence-electron chi connectivity index (χ2n) is 8.23. The van der Waals surface area contributed by atoms with Gasteiger partial charge in [-0.3, -0.25) is 4.79 Å². The lowest BCUT2D eigenvalue weighted by molar-refractivity contribution is 0.0729. The summed E-state index contributed by atoms with van der Waals surface area (Å²) in [6.45, 7) is 2.76. The van der Waals surface area contributed by atoms with Gasteiger partial charge in [-0.2, -0.15) is 5.10 Å². The van der Waals surface area contributed by atoms with E-state index >= 15 is 0 Å². The summed E-state index contributed by atoms with van der Waals surface area (Å²) in [4.78, 5) is 25.3. The number of para-hydroxylation sites is 1. The number of nitrogens with one attached hydrogen (secondary N) is 1. The van der Waals surface area contributed by atoms with E-state index in [-0.39, 0.29) is 5.75 Å². The fourth-order valence-electron chi connectivity index (χ4n) is 3.60. The first-order valence-electron chi connectivity index (χ1n) is 12.3. The van der Waals surface area contributed by atoms with Crippen molar-refractivity contribution >= 4 is 18.1 Å². The number of ether oxygens (including phenoxy) is 4. The van der Waals surface area contributed by atoms with Crippen LogP contribution in [0, 0.1) is 0 Å². The standard InChI is InChI=1S/C31H28N2O6/c1-3-37-25-16-14-24(15-17-25)31(35)39-28-18-13-23(19-29(28)36-2)20-32-33-30(34)26-11-7-8-12-27(26)38-21-22-9-5-4-6-10-22/h4-20H,3,21H2,1-2H3,(H,33,34)/b32-20-. The molecule has 0 aliphatic carbocycles. The first-order valence-corrected chi connectivity index (χ1v) is 12.3. The van der Waals surface area contributed by atoms with E-state index in [1.54, 1.807) is 66.7 Å². The second kappa shape index (κ2) is 13.4. The Balaban J connectivity index is 1.37. The Labute approximate surface area is 226 Å². The number of amides is 1. The highest BCUT2D eigenvalue weighted by Gasteiger charge is 2.14. The van der Waals surface area contributed by atoms with Gasteiger partial charge in [0.05, 0.1) is 31.1 Å². The summed E-state index contributed by atoms with van der Waals surface area (Å²) in [6, 6.07) is 28.3. The number of rotatable bonds is 11. The predicted molar refractivity (Wildman–Crippen MR) is 148 cm³/mol. The molecule has 1 N–H and O–H groups in total. The fourth-order valence-corrected chi connectivity index (χ4v) is 3.60. The van der Waals surface area contributed by atoms with Gasteiger partial charge >= 0.3 is 5.97 Å². The molecule has 0 bridgehead atoms. The van der Waals surface area contributed by atoms with E-state index < -0.39 is 11.9 Å². The highest BCUT2D eigenvalue weighted by atomic mass is 16.6. The molecule has 0 spiro atoms. The van der Waals surface area contributed by atoms with Gasteiger partial charge in [-0.05, 0) is 72.6 Å². The van der Waals surface area contributed by atoms with E-state index in [4.69, 9.17) is 18.9 Å². The highest BCUT2D eigenvalue weighted by Crippen LogP contribution is 2.28. The van der Waals surface area contributed by atoms with Crippen molar-refractivity contribution in [1.29, 1.82) is 0 Å². The topological polar surface area (TPSA) is 95.5 Å². The van der Waals surface area contributed by atoms with Crippen molar-refractivity contribution in [3.05, 3.63) is 119 Å². The summed E-state index contributed by atoms with van der Waals surface area (Å²) < 4.78 is 22.2. The molecular formula is C31H28N2O6. The summed E-state index contributed by atoms with van der Waals surface area (Å²) in [7, 11) is 1.47. The van der Waals surface area contributed by atoms with Crippen LogP contribution in [-0.2, 0) is 6.61 Å². The monoisotopic (exact) mass is 524 g/mol. The lowest BCUT2D eigenvalue weighted by atomic mass is 10.2. The number of carbonyl (C=O) groups excluding carboxylic acids is 2. The third kappa shape index (κ3) is 7.45. The SMILES string of the molecule is CCOc1ccc(C(=O)Oc2ccc(/C=N\NC(=O)c3ccccc3OCc3ccccc3)cc2OC)cc1. The molecule has 0 radical (unpaired) electrons. The molecule has 0 saturated carbocycles. The number of hydrazone groups is 1. The molecule has 0 saturated heterocycles. The summed E-state index contributed by atoms with van der Waals surface area (Å²) >= 11 is 0. The van der Waals surface area contributed by atoms with E-state index in [1.165, 1.54) is 13.3 Å². The number of methoxy groups -OCH3 is 1. The van der Waals surface area contributed by atoms with Crippen molar-refractivity contribution in [3.8, 4) is 23.0 Å². The molecule has 0 aromatic heterocycles. The van der Waals surface area contributed by atoms with Crippen molar-refractivity contribution in [2.45, 2.75) is 13.5 Å². The smallest absolute Gasteiger partial charge is 0.343 e. The molecular weight excluding hydrogens is 496 g/mol. The number of nitrogens with zero attached hydrogens (tertiary/aromatic N) is 1. The lowest BCUT2D eigenvalue weighted by Crippen LogP contribution is -2.18. The molecule has 0 aliphatic heterocycles.